The fourth-order valence-corrected chi connectivity index (χ4v) is 1.93. The maximum Gasteiger partial charge on any atom is 0.0726 e. The van der Waals surface area contributed by atoms with Gasteiger partial charge in [0.1, 0.15) is 0 Å². The summed E-state index contributed by atoms with van der Waals surface area (Å²) in [4.78, 5) is 0. The Labute approximate surface area is 124 Å². The normalized spacial score (nSPS) is 13.5. The third kappa shape index (κ3) is 7.46. The van der Waals surface area contributed by atoms with E-state index in [2.05, 4.69) is 57.3 Å². The van der Waals surface area contributed by atoms with Crippen LogP contribution in [0.2, 0.25) is 0 Å². The first kappa shape index (κ1) is 16.9. The third-order valence-corrected chi connectivity index (χ3v) is 3.16. The lowest BCUT2D eigenvalue weighted by atomic mass is 10.1. The molecule has 0 amide bonds. The van der Waals surface area contributed by atoms with Gasteiger partial charge < -0.3 is 10.1 Å². The van der Waals surface area contributed by atoms with Crippen LogP contribution in [0.25, 0.3) is 6.08 Å². The zero-order chi connectivity index (χ0) is 14.8. The van der Waals surface area contributed by atoms with Gasteiger partial charge in [0.2, 0.25) is 0 Å². The summed E-state index contributed by atoms with van der Waals surface area (Å²) in [6.07, 6.45) is 4.47. The van der Waals surface area contributed by atoms with Gasteiger partial charge in [-0.05, 0) is 23.9 Å². The number of rotatable bonds is 9. The third-order valence-electron chi connectivity index (χ3n) is 3.16. The van der Waals surface area contributed by atoms with Crippen LogP contribution in [0.15, 0.2) is 36.4 Å². The molecule has 0 aliphatic carbocycles. The minimum atomic E-state index is 0.272. The van der Waals surface area contributed by atoms with Gasteiger partial charge in [0.25, 0.3) is 0 Å². The van der Waals surface area contributed by atoms with Gasteiger partial charge in [0.15, 0.2) is 0 Å². The monoisotopic (exact) mass is 275 g/mol. The van der Waals surface area contributed by atoms with Crippen LogP contribution in [0.4, 0.5) is 0 Å². The molecule has 1 rings (SSSR count). The summed E-state index contributed by atoms with van der Waals surface area (Å²) < 4.78 is 5.96. The molecule has 1 aromatic carbocycles. The Morgan fingerprint density at radius 3 is 2.35 bits per heavy atom. The van der Waals surface area contributed by atoms with Crippen molar-refractivity contribution in [2.45, 2.75) is 33.8 Å². The van der Waals surface area contributed by atoms with E-state index in [0.717, 1.165) is 13.1 Å². The fraction of sp³-hybridized carbons (Fsp3) is 0.556. The summed E-state index contributed by atoms with van der Waals surface area (Å²) in [5, 5.41) is 3.48. The second-order valence-corrected chi connectivity index (χ2v) is 5.98. The van der Waals surface area contributed by atoms with Crippen molar-refractivity contribution in [2.24, 2.45) is 11.8 Å². The highest BCUT2D eigenvalue weighted by atomic mass is 16.5. The largest absolute Gasteiger partial charge is 0.373 e. The van der Waals surface area contributed by atoms with E-state index in [0.29, 0.717) is 18.4 Å². The van der Waals surface area contributed by atoms with Crippen molar-refractivity contribution < 1.29 is 4.74 Å². The molecule has 0 radical (unpaired) electrons. The smallest absolute Gasteiger partial charge is 0.0726 e. The molecule has 2 heteroatoms. The first-order valence-corrected chi connectivity index (χ1v) is 7.63. The Bertz CT molecular complexity index is 370. The average Bonchev–Trinajstić information content (AvgIpc) is 2.42. The predicted molar refractivity (Wildman–Crippen MR) is 87.8 cm³/mol. The lowest BCUT2D eigenvalue weighted by Gasteiger charge is -2.22. The molecular weight excluding hydrogens is 246 g/mol. The van der Waals surface area contributed by atoms with Crippen molar-refractivity contribution in [2.75, 3.05) is 19.7 Å². The highest BCUT2D eigenvalue weighted by Gasteiger charge is 2.12. The maximum atomic E-state index is 5.96. The van der Waals surface area contributed by atoms with Gasteiger partial charge in [-0.25, -0.2) is 0 Å². The van der Waals surface area contributed by atoms with Gasteiger partial charge in [-0.15, -0.1) is 0 Å². The summed E-state index contributed by atoms with van der Waals surface area (Å²) in [5.41, 5.74) is 1.22. The van der Waals surface area contributed by atoms with E-state index in [9.17, 15) is 0 Å². The van der Waals surface area contributed by atoms with Crippen molar-refractivity contribution in [3.8, 4) is 0 Å². The molecule has 0 spiro atoms. The molecule has 0 aromatic heterocycles. The number of ether oxygens (including phenoxy) is 1. The number of nitrogens with one attached hydrogen (secondary N) is 1. The highest BCUT2D eigenvalue weighted by Crippen LogP contribution is 2.07. The number of hydrogen-bond acceptors (Lipinski definition) is 2. The van der Waals surface area contributed by atoms with E-state index in [1.165, 1.54) is 5.56 Å². The first-order chi connectivity index (χ1) is 9.59. The van der Waals surface area contributed by atoms with Crippen molar-refractivity contribution in [1.82, 2.24) is 5.32 Å². The molecule has 1 N–H and O–H groups in total. The van der Waals surface area contributed by atoms with Crippen LogP contribution in [-0.4, -0.2) is 25.8 Å². The molecule has 1 aromatic rings. The Hall–Kier alpha value is -1.12. The van der Waals surface area contributed by atoms with Gasteiger partial charge in [0, 0.05) is 6.54 Å². The van der Waals surface area contributed by atoms with Gasteiger partial charge in [0.05, 0.1) is 12.7 Å². The zero-order valence-corrected chi connectivity index (χ0v) is 13.3. The van der Waals surface area contributed by atoms with Gasteiger partial charge in [-0.3, -0.25) is 0 Å². The van der Waals surface area contributed by atoms with E-state index < -0.39 is 0 Å². The fourth-order valence-electron chi connectivity index (χ4n) is 1.93. The number of hydrogen-bond donors (Lipinski definition) is 1. The second kappa shape index (κ2) is 9.73. The first-order valence-electron chi connectivity index (χ1n) is 7.63. The van der Waals surface area contributed by atoms with Crippen LogP contribution >= 0.6 is 0 Å². The van der Waals surface area contributed by atoms with E-state index >= 15 is 0 Å². The molecule has 1 unspecified atom stereocenters. The number of benzene rings is 1. The molecule has 20 heavy (non-hydrogen) atoms. The zero-order valence-electron chi connectivity index (χ0n) is 13.3. The second-order valence-electron chi connectivity index (χ2n) is 5.98. The molecular formula is C18H29NO. The molecule has 0 aliphatic heterocycles. The standard InChI is InChI=1S/C18H29NO/c1-15(2)13-19-14-18(16(3)4)20-12-8-11-17-9-6-5-7-10-17/h5-11,15-16,18-19H,12-14H2,1-4H3. The minimum absolute atomic E-state index is 0.272. The maximum absolute atomic E-state index is 5.96. The van der Waals surface area contributed by atoms with E-state index in [1.54, 1.807) is 0 Å². The average molecular weight is 275 g/mol. The van der Waals surface area contributed by atoms with Crippen LogP contribution in [-0.2, 0) is 4.74 Å². The van der Waals surface area contributed by atoms with Crippen molar-refractivity contribution in [1.29, 1.82) is 0 Å². The van der Waals surface area contributed by atoms with Crippen molar-refractivity contribution in [3.63, 3.8) is 0 Å². The van der Waals surface area contributed by atoms with Gasteiger partial charge in [-0.2, -0.15) is 0 Å². The van der Waals surface area contributed by atoms with Crippen LogP contribution in [0.5, 0.6) is 0 Å². The van der Waals surface area contributed by atoms with E-state index in [-0.39, 0.29) is 6.10 Å². The Morgan fingerprint density at radius 1 is 1.05 bits per heavy atom. The molecule has 112 valence electrons. The lowest BCUT2D eigenvalue weighted by Crippen LogP contribution is -2.35. The van der Waals surface area contributed by atoms with Gasteiger partial charge >= 0.3 is 0 Å². The Balaban J connectivity index is 2.30. The van der Waals surface area contributed by atoms with Gasteiger partial charge in [-0.1, -0.05) is 70.2 Å². The lowest BCUT2D eigenvalue weighted by molar-refractivity contribution is 0.0406. The highest BCUT2D eigenvalue weighted by molar-refractivity contribution is 5.48. The molecule has 0 saturated heterocycles. The summed E-state index contributed by atoms with van der Waals surface area (Å²) in [6, 6.07) is 10.3. The predicted octanol–water partition coefficient (Wildman–Crippen LogP) is 3.99. The van der Waals surface area contributed by atoms with Crippen LogP contribution in [0.3, 0.4) is 0 Å². The molecule has 0 saturated carbocycles. The van der Waals surface area contributed by atoms with Crippen molar-refractivity contribution >= 4 is 6.08 Å². The Kier molecular flexibility index (Phi) is 8.24. The summed E-state index contributed by atoms with van der Waals surface area (Å²) in [6.45, 7) is 11.5. The summed E-state index contributed by atoms with van der Waals surface area (Å²) in [5.74, 6) is 1.21. The van der Waals surface area contributed by atoms with Crippen LogP contribution in [0.1, 0.15) is 33.3 Å². The van der Waals surface area contributed by atoms with Crippen molar-refractivity contribution in [3.05, 3.63) is 42.0 Å². The minimum Gasteiger partial charge on any atom is -0.373 e. The molecule has 0 fully saturated rings. The van der Waals surface area contributed by atoms with Crippen LogP contribution in [0, 0.1) is 11.8 Å². The molecule has 1 atom stereocenters. The molecule has 2 nitrogen and oxygen atoms in total. The quantitative estimate of drug-likeness (QED) is 0.736. The topological polar surface area (TPSA) is 21.3 Å². The van der Waals surface area contributed by atoms with E-state index in [1.807, 2.05) is 18.2 Å². The molecule has 0 heterocycles. The molecule has 0 aliphatic rings. The molecule has 0 bridgehead atoms. The summed E-state index contributed by atoms with van der Waals surface area (Å²) in [7, 11) is 0. The van der Waals surface area contributed by atoms with E-state index in [4.69, 9.17) is 4.74 Å². The Morgan fingerprint density at radius 2 is 1.75 bits per heavy atom. The SMILES string of the molecule is CC(C)CNCC(OCC=Cc1ccccc1)C(C)C. The summed E-state index contributed by atoms with van der Waals surface area (Å²) >= 11 is 0. The van der Waals surface area contributed by atoms with Crippen LogP contribution < -0.4 is 5.32 Å².